The van der Waals surface area contributed by atoms with Gasteiger partial charge >= 0.3 is 5.88 Å². The van der Waals surface area contributed by atoms with Crippen LogP contribution >= 0.6 is 11.3 Å². The Hall–Kier alpha value is -4.05. The van der Waals surface area contributed by atoms with Crippen molar-refractivity contribution in [3.05, 3.63) is 81.1 Å². The topological polar surface area (TPSA) is 111 Å². The number of amides is 1. The van der Waals surface area contributed by atoms with E-state index in [1.54, 1.807) is 25.3 Å². The number of furan rings is 1. The van der Waals surface area contributed by atoms with Gasteiger partial charge in [-0.15, -0.1) is 0 Å². The minimum absolute atomic E-state index is 0.137. The smallest absolute Gasteiger partial charge is 0.433 e. The molecule has 0 spiro atoms. The maximum Gasteiger partial charge on any atom is 0.433 e. The minimum atomic E-state index is -0.642. The molecular weight excluding hydrogens is 432 g/mol. The van der Waals surface area contributed by atoms with E-state index in [2.05, 4.69) is 10.1 Å². The van der Waals surface area contributed by atoms with Crippen LogP contribution in [0.5, 0.6) is 5.75 Å². The molecule has 0 aliphatic heterocycles. The summed E-state index contributed by atoms with van der Waals surface area (Å²) in [6.45, 7) is 3.79. The van der Waals surface area contributed by atoms with E-state index in [9.17, 15) is 14.9 Å². The third-order valence-electron chi connectivity index (χ3n) is 4.66. The number of methoxy groups -OCH3 is 1. The van der Waals surface area contributed by atoms with E-state index >= 15 is 0 Å². The molecule has 4 rings (SSSR count). The number of hydrogen-bond acceptors (Lipinski definition) is 8. The van der Waals surface area contributed by atoms with Gasteiger partial charge in [0.15, 0.2) is 5.76 Å². The van der Waals surface area contributed by atoms with Crippen LogP contribution in [0.4, 0.5) is 11.0 Å². The molecule has 0 saturated carbocycles. The van der Waals surface area contributed by atoms with Crippen molar-refractivity contribution in [3.8, 4) is 5.75 Å². The van der Waals surface area contributed by atoms with Crippen molar-refractivity contribution in [2.75, 3.05) is 12.1 Å². The number of aromatic nitrogens is 1. The Balaban J connectivity index is 1.77. The van der Waals surface area contributed by atoms with E-state index in [0.717, 1.165) is 15.8 Å². The van der Waals surface area contributed by atoms with Crippen LogP contribution in [-0.4, -0.2) is 29.1 Å². The molecule has 0 saturated heterocycles. The van der Waals surface area contributed by atoms with Gasteiger partial charge in [0.25, 0.3) is 5.91 Å². The molecule has 9 nitrogen and oxygen atoms in total. The number of nitro groups is 1. The summed E-state index contributed by atoms with van der Waals surface area (Å²) in [5.74, 6) is 0.0147. The zero-order chi connectivity index (χ0) is 22.8. The van der Waals surface area contributed by atoms with Crippen molar-refractivity contribution in [2.45, 2.75) is 13.8 Å². The molecule has 162 valence electrons. The number of thiazole rings is 1. The number of hydrazone groups is 1. The molecule has 0 aliphatic rings. The number of nitrogens with zero attached hydrogens (tertiary/aromatic N) is 4. The lowest BCUT2D eigenvalue weighted by atomic mass is 10.1. The van der Waals surface area contributed by atoms with Gasteiger partial charge in [-0.1, -0.05) is 29.0 Å². The van der Waals surface area contributed by atoms with E-state index in [0.29, 0.717) is 22.0 Å². The Morgan fingerprint density at radius 1 is 1.22 bits per heavy atom. The number of carbonyl (C=O) groups is 1. The minimum Gasteiger partial charge on any atom is -0.497 e. The molecule has 2 aromatic carbocycles. The Labute approximate surface area is 186 Å². The molecule has 0 bridgehead atoms. The van der Waals surface area contributed by atoms with Crippen molar-refractivity contribution < 1.29 is 18.9 Å². The van der Waals surface area contributed by atoms with E-state index in [4.69, 9.17) is 9.15 Å². The number of hydrogen-bond donors (Lipinski definition) is 0. The van der Waals surface area contributed by atoms with E-state index < -0.39 is 10.8 Å². The lowest BCUT2D eigenvalue weighted by molar-refractivity contribution is -0.402. The van der Waals surface area contributed by atoms with Gasteiger partial charge < -0.3 is 9.15 Å². The maximum absolute atomic E-state index is 13.4. The molecule has 4 aromatic rings. The standard InChI is InChI=1S/C22H18N4O5S/c1-13-4-7-17(14(2)10-13)21(27)25(23-12-16-6-9-20(31-16)26(28)29)22-24-18-8-5-15(30-3)11-19(18)32-22/h4-12H,1-3H3/b23-12+. The normalized spacial score (nSPS) is 11.2. The molecule has 0 fully saturated rings. The summed E-state index contributed by atoms with van der Waals surface area (Å²) in [5, 5.41) is 16.7. The van der Waals surface area contributed by atoms with Gasteiger partial charge in [-0.25, -0.2) is 4.98 Å². The molecule has 0 atom stereocenters. The highest BCUT2D eigenvalue weighted by molar-refractivity contribution is 7.22. The fraction of sp³-hybridized carbons (Fsp3) is 0.136. The summed E-state index contributed by atoms with van der Waals surface area (Å²) in [4.78, 5) is 28.2. The summed E-state index contributed by atoms with van der Waals surface area (Å²) < 4.78 is 11.2. The molecule has 2 heterocycles. The lowest BCUT2D eigenvalue weighted by Crippen LogP contribution is -2.26. The molecule has 10 heteroatoms. The molecule has 32 heavy (non-hydrogen) atoms. The number of rotatable bonds is 6. The number of ether oxygens (including phenoxy) is 1. The summed E-state index contributed by atoms with van der Waals surface area (Å²) >= 11 is 1.27. The van der Waals surface area contributed by atoms with Gasteiger partial charge in [-0.3, -0.25) is 14.9 Å². The van der Waals surface area contributed by atoms with Crippen molar-refractivity contribution in [1.82, 2.24) is 4.98 Å². The predicted octanol–water partition coefficient (Wildman–Crippen LogP) is 5.10. The molecule has 0 radical (unpaired) electrons. The molecular formula is C22H18N4O5S. The third kappa shape index (κ3) is 4.21. The van der Waals surface area contributed by atoms with Gasteiger partial charge in [-0.05, 0) is 49.7 Å². The van der Waals surface area contributed by atoms with Gasteiger partial charge in [0.2, 0.25) is 5.13 Å². The highest BCUT2D eigenvalue weighted by Gasteiger charge is 2.23. The summed E-state index contributed by atoms with van der Waals surface area (Å²) in [6.07, 6.45) is 1.25. The zero-order valence-electron chi connectivity index (χ0n) is 17.4. The highest BCUT2D eigenvalue weighted by Crippen LogP contribution is 2.32. The summed E-state index contributed by atoms with van der Waals surface area (Å²) in [6, 6.07) is 13.5. The Kier molecular flexibility index (Phi) is 5.69. The predicted molar refractivity (Wildman–Crippen MR) is 122 cm³/mol. The molecule has 0 N–H and O–H groups in total. The average Bonchev–Trinajstić information content (AvgIpc) is 3.40. The Morgan fingerprint density at radius 2 is 2.03 bits per heavy atom. The van der Waals surface area contributed by atoms with Crippen LogP contribution < -0.4 is 9.75 Å². The van der Waals surface area contributed by atoms with Gasteiger partial charge in [-0.2, -0.15) is 10.1 Å². The molecule has 0 unspecified atom stereocenters. The van der Waals surface area contributed by atoms with Crippen LogP contribution in [0, 0.1) is 24.0 Å². The maximum atomic E-state index is 13.4. The molecule has 1 amide bonds. The first-order valence-electron chi connectivity index (χ1n) is 9.50. The highest BCUT2D eigenvalue weighted by atomic mass is 32.1. The largest absolute Gasteiger partial charge is 0.497 e. The van der Waals surface area contributed by atoms with Crippen LogP contribution in [0.25, 0.3) is 10.2 Å². The zero-order valence-corrected chi connectivity index (χ0v) is 18.3. The first kappa shape index (κ1) is 21.2. The van der Waals surface area contributed by atoms with Crippen LogP contribution in [0.3, 0.4) is 0 Å². The summed E-state index contributed by atoms with van der Waals surface area (Å²) in [7, 11) is 1.58. The second-order valence-corrected chi connectivity index (χ2v) is 7.95. The lowest BCUT2D eigenvalue weighted by Gasteiger charge is -2.15. The van der Waals surface area contributed by atoms with Crippen LogP contribution in [-0.2, 0) is 0 Å². The third-order valence-corrected chi connectivity index (χ3v) is 5.66. The Morgan fingerprint density at radius 3 is 2.72 bits per heavy atom. The number of fused-ring (bicyclic) bond motifs is 1. The van der Waals surface area contributed by atoms with E-state index in [1.165, 1.54) is 34.7 Å². The van der Waals surface area contributed by atoms with E-state index in [1.807, 2.05) is 32.0 Å². The van der Waals surface area contributed by atoms with Crippen molar-refractivity contribution in [3.63, 3.8) is 0 Å². The fourth-order valence-corrected chi connectivity index (χ4v) is 4.04. The summed E-state index contributed by atoms with van der Waals surface area (Å²) in [5.41, 5.74) is 2.98. The van der Waals surface area contributed by atoms with Gasteiger partial charge in [0.05, 0.1) is 29.6 Å². The molecule has 2 aromatic heterocycles. The van der Waals surface area contributed by atoms with Gasteiger partial charge in [0, 0.05) is 5.56 Å². The fourth-order valence-electron chi connectivity index (χ4n) is 3.09. The number of benzene rings is 2. The van der Waals surface area contributed by atoms with Crippen LogP contribution in [0.15, 0.2) is 58.0 Å². The number of carbonyl (C=O) groups excluding carboxylic acids is 1. The number of anilines is 1. The first-order valence-corrected chi connectivity index (χ1v) is 10.3. The van der Waals surface area contributed by atoms with Crippen molar-refractivity contribution >= 4 is 44.7 Å². The monoisotopic (exact) mass is 450 g/mol. The average molecular weight is 450 g/mol. The SMILES string of the molecule is COc1ccc2nc(N(/N=C/c3ccc([N+](=O)[O-])o3)C(=O)c3ccc(C)cc3C)sc2c1. The van der Waals surface area contributed by atoms with Crippen LogP contribution in [0.1, 0.15) is 27.2 Å². The quantitative estimate of drug-likeness (QED) is 0.229. The van der Waals surface area contributed by atoms with Crippen molar-refractivity contribution in [1.29, 1.82) is 0 Å². The van der Waals surface area contributed by atoms with E-state index in [-0.39, 0.29) is 11.7 Å². The second-order valence-electron chi connectivity index (χ2n) is 6.94. The first-order chi connectivity index (χ1) is 15.4. The number of aryl methyl sites for hydroxylation is 2. The second kappa shape index (κ2) is 8.60. The molecule has 0 aliphatic carbocycles. The Bertz CT molecular complexity index is 1360. The van der Waals surface area contributed by atoms with Crippen LogP contribution in [0.2, 0.25) is 0 Å². The van der Waals surface area contributed by atoms with Gasteiger partial charge in [0.1, 0.15) is 10.7 Å². The van der Waals surface area contributed by atoms with Crippen molar-refractivity contribution in [2.24, 2.45) is 5.10 Å².